The van der Waals surface area contributed by atoms with Gasteiger partial charge in [0.15, 0.2) is 0 Å². The zero-order chi connectivity index (χ0) is 17.2. The van der Waals surface area contributed by atoms with Crippen LogP contribution < -0.4 is 10.6 Å². The molecular formula is C16H34N2O5. The largest absolute Gasteiger partial charge is 0.378 e. The molecule has 0 aliphatic heterocycles. The molecule has 0 aromatic heterocycles. The molecule has 0 radical (unpaired) electrons. The quantitative estimate of drug-likeness (QED) is 0.376. The van der Waals surface area contributed by atoms with Gasteiger partial charge in [0, 0.05) is 19.0 Å². The normalized spacial score (nSPS) is 11.1. The van der Waals surface area contributed by atoms with Crippen molar-refractivity contribution in [3.8, 4) is 0 Å². The van der Waals surface area contributed by atoms with Crippen LogP contribution in [-0.4, -0.2) is 78.4 Å². The lowest BCUT2D eigenvalue weighted by Gasteiger charge is -2.09. The summed E-state index contributed by atoms with van der Waals surface area (Å²) >= 11 is 0. The van der Waals surface area contributed by atoms with Gasteiger partial charge in [0.1, 0.15) is 0 Å². The van der Waals surface area contributed by atoms with E-state index in [4.69, 9.17) is 18.9 Å². The first-order valence-electron chi connectivity index (χ1n) is 8.47. The Hall–Kier alpha value is -0.730. The minimum Gasteiger partial charge on any atom is -0.378 e. The van der Waals surface area contributed by atoms with Crippen molar-refractivity contribution in [1.29, 1.82) is 0 Å². The summed E-state index contributed by atoms with van der Waals surface area (Å²) in [4.78, 5) is 11.3. The van der Waals surface area contributed by atoms with Crippen LogP contribution in [0.5, 0.6) is 0 Å². The first-order chi connectivity index (χ1) is 11.2. The Bertz CT molecular complexity index is 265. The Balaban J connectivity index is 3.04. The van der Waals surface area contributed by atoms with Crippen LogP contribution >= 0.6 is 0 Å². The molecule has 0 spiro atoms. The molecule has 0 heterocycles. The van der Waals surface area contributed by atoms with Crippen molar-refractivity contribution in [1.82, 2.24) is 10.6 Å². The van der Waals surface area contributed by atoms with E-state index >= 15 is 0 Å². The maximum absolute atomic E-state index is 11.3. The monoisotopic (exact) mass is 334 g/mol. The van der Waals surface area contributed by atoms with Crippen LogP contribution in [0.1, 0.15) is 20.8 Å². The van der Waals surface area contributed by atoms with Gasteiger partial charge in [0.05, 0.1) is 52.9 Å². The van der Waals surface area contributed by atoms with E-state index in [1.54, 1.807) is 0 Å². The lowest BCUT2D eigenvalue weighted by Crippen LogP contribution is -2.31. The maximum atomic E-state index is 11.3. The fourth-order valence-corrected chi connectivity index (χ4v) is 1.53. The number of hydrogen-bond acceptors (Lipinski definition) is 6. The van der Waals surface area contributed by atoms with E-state index in [1.165, 1.54) is 0 Å². The molecule has 23 heavy (non-hydrogen) atoms. The summed E-state index contributed by atoms with van der Waals surface area (Å²) < 4.78 is 21.5. The highest BCUT2D eigenvalue weighted by Gasteiger charge is 2.04. The molecule has 7 nitrogen and oxygen atoms in total. The average molecular weight is 334 g/mol. The summed E-state index contributed by atoms with van der Waals surface area (Å²) in [6.45, 7) is 12.7. The second-order valence-corrected chi connectivity index (χ2v) is 5.25. The van der Waals surface area contributed by atoms with Crippen molar-refractivity contribution in [3.63, 3.8) is 0 Å². The third-order valence-electron chi connectivity index (χ3n) is 2.86. The SMILES string of the molecule is CCNCCOCCOCCOCCOCCNC(=O)C(C)C. The van der Waals surface area contributed by atoms with Crippen molar-refractivity contribution in [2.24, 2.45) is 5.92 Å². The number of likely N-dealkylation sites (N-methyl/N-ethyl adjacent to an activating group) is 1. The predicted octanol–water partition coefficient (Wildman–Crippen LogP) is 0.435. The lowest BCUT2D eigenvalue weighted by molar-refractivity contribution is -0.124. The summed E-state index contributed by atoms with van der Waals surface area (Å²) in [5, 5.41) is 5.97. The average Bonchev–Trinajstić information content (AvgIpc) is 2.54. The van der Waals surface area contributed by atoms with Crippen molar-refractivity contribution < 1.29 is 23.7 Å². The Morgan fingerprint density at radius 1 is 0.783 bits per heavy atom. The lowest BCUT2D eigenvalue weighted by atomic mass is 10.2. The van der Waals surface area contributed by atoms with E-state index < -0.39 is 0 Å². The summed E-state index contributed by atoms with van der Waals surface area (Å²) in [5.41, 5.74) is 0. The molecule has 138 valence electrons. The number of carbonyl (C=O) groups is 1. The molecule has 0 aromatic rings. The van der Waals surface area contributed by atoms with Crippen molar-refractivity contribution >= 4 is 5.91 Å². The van der Waals surface area contributed by atoms with Gasteiger partial charge in [0.2, 0.25) is 5.91 Å². The minimum atomic E-state index is 0.0109. The molecule has 0 aromatic carbocycles. The molecule has 0 saturated carbocycles. The Morgan fingerprint density at radius 2 is 1.22 bits per heavy atom. The topological polar surface area (TPSA) is 78.1 Å². The van der Waals surface area contributed by atoms with Gasteiger partial charge in [-0.25, -0.2) is 0 Å². The van der Waals surface area contributed by atoms with E-state index in [0.717, 1.165) is 13.1 Å². The highest BCUT2D eigenvalue weighted by molar-refractivity contribution is 5.77. The summed E-state index contributed by atoms with van der Waals surface area (Å²) in [6, 6.07) is 0. The molecular weight excluding hydrogens is 300 g/mol. The van der Waals surface area contributed by atoms with Crippen molar-refractivity contribution in [3.05, 3.63) is 0 Å². The fourth-order valence-electron chi connectivity index (χ4n) is 1.53. The summed E-state index contributed by atoms with van der Waals surface area (Å²) in [7, 11) is 0. The molecule has 0 aliphatic rings. The second-order valence-electron chi connectivity index (χ2n) is 5.25. The third-order valence-corrected chi connectivity index (χ3v) is 2.86. The van der Waals surface area contributed by atoms with Gasteiger partial charge < -0.3 is 29.6 Å². The molecule has 0 fully saturated rings. The molecule has 1 amide bonds. The zero-order valence-electron chi connectivity index (χ0n) is 14.9. The van der Waals surface area contributed by atoms with Gasteiger partial charge in [-0.15, -0.1) is 0 Å². The predicted molar refractivity (Wildman–Crippen MR) is 89.7 cm³/mol. The van der Waals surface area contributed by atoms with Crippen LogP contribution in [0.4, 0.5) is 0 Å². The number of ether oxygens (including phenoxy) is 4. The molecule has 0 bridgehead atoms. The zero-order valence-corrected chi connectivity index (χ0v) is 14.9. The number of rotatable bonds is 17. The van der Waals surface area contributed by atoms with Crippen LogP contribution in [-0.2, 0) is 23.7 Å². The van der Waals surface area contributed by atoms with E-state index in [9.17, 15) is 4.79 Å². The summed E-state index contributed by atoms with van der Waals surface area (Å²) in [6.07, 6.45) is 0. The number of hydrogen-bond donors (Lipinski definition) is 2. The first kappa shape index (κ1) is 22.3. The Morgan fingerprint density at radius 3 is 1.65 bits per heavy atom. The fraction of sp³-hybridized carbons (Fsp3) is 0.938. The number of carbonyl (C=O) groups excluding carboxylic acids is 1. The number of amides is 1. The van der Waals surface area contributed by atoms with Crippen LogP contribution in [0, 0.1) is 5.92 Å². The van der Waals surface area contributed by atoms with E-state index in [2.05, 4.69) is 17.6 Å². The van der Waals surface area contributed by atoms with Gasteiger partial charge in [0.25, 0.3) is 0 Å². The third kappa shape index (κ3) is 17.5. The molecule has 0 saturated heterocycles. The Labute approximate surface area is 140 Å². The van der Waals surface area contributed by atoms with E-state index in [1.807, 2.05) is 13.8 Å². The van der Waals surface area contributed by atoms with Crippen LogP contribution in [0.15, 0.2) is 0 Å². The first-order valence-corrected chi connectivity index (χ1v) is 8.47. The molecule has 7 heteroatoms. The second kappa shape index (κ2) is 17.6. The molecule has 0 rings (SSSR count). The smallest absolute Gasteiger partial charge is 0.222 e. The van der Waals surface area contributed by atoms with Gasteiger partial charge in [-0.1, -0.05) is 20.8 Å². The number of nitrogens with one attached hydrogen (secondary N) is 2. The van der Waals surface area contributed by atoms with E-state index in [-0.39, 0.29) is 11.8 Å². The highest BCUT2D eigenvalue weighted by Crippen LogP contribution is 1.89. The van der Waals surface area contributed by atoms with Crippen LogP contribution in [0.25, 0.3) is 0 Å². The highest BCUT2D eigenvalue weighted by atomic mass is 16.6. The summed E-state index contributed by atoms with van der Waals surface area (Å²) in [5.74, 6) is 0.0596. The maximum Gasteiger partial charge on any atom is 0.222 e. The van der Waals surface area contributed by atoms with Crippen molar-refractivity contribution in [2.45, 2.75) is 20.8 Å². The molecule has 0 atom stereocenters. The van der Waals surface area contributed by atoms with Gasteiger partial charge >= 0.3 is 0 Å². The minimum absolute atomic E-state index is 0.0109. The van der Waals surface area contributed by atoms with Crippen molar-refractivity contribution in [2.75, 3.05) is 72.5 Å². The van der Waals surface area contributed by atoms with E-state index in [0.29, 0.717) is 59.4 Å². The van der Waals surface area contributed by atoms with Crippen LogP contribution in [0.2, 0.25) is 0 Å². The Kier molecular flexibility index (Phi) is 17.1. The van der Waals surface area contributed by atoms with Gasteiger partial charge in [-0.2, -0.15) is 0 Å². The molecule has 2 N–H and O–H groups in total. The standard InChI is InChI=1S/C16H34N2O5/c1-4-17-5-7-20-9-11-22-13-14-23-12-10-21-8-6-18-16(19)15(2)3/h15,17H,4-14H2,1-3H3,(H,18,19). The molecule has 0 unspecified atom stereocenters. The van der Waals surface area contributed by atoms with Gasteiger partial charge in [-0.05, 0) is 6.54 Å². The van der Waals surface area contributed by atoms with Crippen LogP contribution in [0.3, 0.4) is 0 Å². The molecule has 0 aliphatic carbocycles. The van der Waals surface area contributed by atoms with Gasteiger partial charge in [-0.3, -0.25) is 4.79 Å².